The second-order valence-corrected chi connectivity index (χ2v) is 5.26. The average molecular weight is 296 g/mol. The van der Waals surface area contributed by atoms with Crippen molar-refractivity contribution in [1.29, 1.82) is 0 Å². The molecular formula is C11H14BrN5. The maximum absolute atomic E-state index is 5.99. The quantitative estimate of drug-likeness (QED) is 0.943. The second kappa shape index (κ2) is 3.87. The number of nitrogens with zero attached hydrogens (tertiary/aromatic N) is 4. The van der Waals surface area contributed by atoms with Crippen LogP contribution in [0.4, 0.5) is 5.82 Å². The fourth-order valence-electron chi connectivity index (χ4n) is 1.99. The van der Waals surface area contributed by atoms with Gasteiger partial charge in [0.1, 0.15) is 5.82 Å². The largest absolute Gasteiger partial charge is 0.383 e. The summed E-state index contributed by atoms with van der Waals surface area (Å²) in [6, 6.07) is 0.633. The van der Waals surface area contributed by atoms with E-state index in [0.717, 1.165) is 15.9 Å². The van der Waals surface area contributed by atoms with Gasteiger partial charge in [0.2, 0.25) is 0 Å². The Morgan fingerprint density at radius 3 is 2.88 bits per heavy atom. The minimum Gasteiger partial charge on any atom is -0.383 e. The van der Waals surface area contributed by atoms with Gasteiger partial charge >= 0.3 is 0 Å². The molecule has 3 rings (SSSR count). The van der Waals surface area contributed by atoms with Crippen LogP contribution in [0, 0.1) is 6.92 Å². The molecule has 0 spiro atoms. The van der Waals surface area contributed by atoms with Gasteiger partial charge in [0, 0.05) is 6.04 Å². The highest BCUT2D eigenvalue weighted by Gasteiger charge is 2.25. The molecule has 5 nitrogen and oxygen atoms in total. The van der Waals surface area contributed by atoms with E-state index in [9.17, 15) is 0 Å². The third-order valence-electron chi connectivity index (χ3n) is 3.09. The molecule has 2 aromatic heterocycles. The number of hydrogen-bond acceptors (Lipinski definition) is 3. The zero-order valence-corrected chi connectivity index (χ0v) is 11.2. The van der Waals surface area contributed by atoms with Crippen molar-refractivity contribution in [2.24, 2.45) is 0 Å². The van der Waals surface area contributed by atoms with E-state index in [1.54, 1.807) is 0 Å². The minimum atomic E-state index is 0.633. The number of aryl methyl sites for hydroxylation is 1. The lowest BCUT2D eigenvalue weighted by Crippen LogP contribution is -2.09. The first-order valence-electron chi connectivity index (χ1n) is 5.66. The molecule has 6 heteroatoms. The molecule has 0 unspecified atom stereocenters. The number of aromatic nitrogens is 4. The third-order valence-corrected chi connectivity index (χ3v) is 4.07. The van der Waals surface area contributed by atoms with E-state index >= 15 is 0 Å². The second-order valence-electron chi connectivity index (χ2n) is 4.47. The van der Waals surface area contributed by atoms with Crippen LogP contribution in [0.25, 0.3) is 0 Å². The number of nitrogens with two attached hydrogens (primary N) is 1. The molecular weight excluding hydrogens is 282 g/mol. The summed E-state index contributed by atoms with van der Waals surface area (Å²) in [6.07, 6.45) is 6.29. The van der Waals surface area contributed by atoms with Crippen molar-refractivity contribution in [3.63, 3.8) is 0 Å². The van der Waals surface area contributed by atoms with Crippen LogP contribution in [0.1, 0.15) is 30.3 Å². The van der Waals surface area contributed by atoms with Crippen LogP contribution in [-0.4, -0.2) is 19.3 Å². The van der Waals surface area contributed by atoms with E-state index in [2.05, 4.69) is 30.6 Å². The summed E-state index contributed by atoms with van der Waals surface area (Å²) in [6.45, 7) is 2.61. The van der Waals surface area contributed by atoms with Crippen LogP contribution in [-0.2, 0) is 6.54 Å². The molecule has 0 aromatic carbocycles. The van der Waals surface area contributed by atoms with Gasteiger partial charge in [-0.3, -0.25) is 0 Å². The van der Waals surface area contributed by atoms with Crippen LogP contribution < -0.4 is 5.73 Å². The maximum Gasteiger partial charge on any atom is 0.136 e. The molecule has 0 radical (unpaired) electrons. The Morgan fingerprint density at radius 2 is 2.29 bits per heavy atom. The van der Waals surface area contributed by atoms with Gasteiger partial charge < -0.3 is 10.3 Å². The smallest absolute Gasteiger partial charge is 0.136 e. The Balaban J connectivity index is 1.90. The molecule has 0 atom stereocenters. The predicted octanol–water partition coefficient (Wildman–Crippen LogP) is 2.12. The fourth-order valence-corrected chi connectivity index (χ4v) is 2.27. The SMILES string of the molecule is Cc1nn(Cc2cncn2C2CC2)c(N)c1Br. The van der Waals surface area contributed by atoms with Gasteiger partial charge in [0.05, 0.1) is 34.9 Å². The minimum absolute atomic E-state index is 0.633. The average Bonchev–Trinajstić information content (AvgIpc) is 3.01. The first kappa shape index (κ1) is 10.8. The molecule has 0 amide bonds. The highest BCUT2D eigenvalue weighted by Crippen LogP contribution is 2.36. The molecule has 2 aromatic rings. The Kier molecular flexibility index (Phi) is 2.47. The molecule has 2 heterocycles. The van der Waals surface area contributed by atoms with Gasteiger partial charge in [-0.15, -0.1) is 0 Å². The van der Waals surface area contributed by atoms with Crippen molar-refractivity contribution >= 4 is 21.7 Å². The maximum atomic E-state index is 5.99. The fraction of sp³-hybridized carbons (Fsp3) is 0.455. The molecule has 0 bridgehead atoms. The number of nitrogen functional groups attached to an aromatic ring is 1. The van der Waals surface area contributed by atoms with Crippen molar-refractivity contribution in [3.8, 4) is 0 Å². The molecule has 1 aliphatic rings. The van der Waals surface area contributed by atoms with Crippen molar-refractivity contribution in [2.45, 2.75) is 32.4 Å². The van der Waals surface area contributed by atoms with E-state index in [0.29, 0.717) is 18.4 Å². The topological polar surface area (TPSA) is 61.7 Å². The van der Waals surface area contributed by atoms with Gasteiger partial charge in [-0.25, -0.2) is 9.67 Å². The molecule has 90 valence electrons. The zero-order chi connectivity index (χ0) is 12.0. The normalized spacial score (nSPS) is 15.4. The number of rotatable bonds is 3. The summed E-state index contributed by atoms with van der Waals surface area (Å²) in [7, 11) is 0. The summed E-state index contributed by atoms with van der Waals surface area (Å²) in [4.78, 5) is 4.21. The van der Waals surface area contributed by atoms with E-state index in [-0.39, 0.29) is 0 Å². The van der Waals surface area contributed by atoms with E-state index < -0.39 is 0 Å². The van der Waals surface area contributed by atoms with E-state index in [1.807, 2.05) is 24.1 Å². The molecule has 1 fully saturated rings. The third kappa shape index (κ3) is 1.86. The van der Waals surface area contributed by atoms with Gasteiger partial charge in [0.25, 0.3) is 0 Å². The zero-order valence-electron chi connectivity index (χ0n) is 9.60. The molecule has 1 aliphatic carbocycles. The Hall–Kier alpha value is -1.30. The van der Waals surface area contributed by atoms with Crippen LogP contribution in [0.3, 0.4) is 0 Å². The van der Waals surface area contributed by atoms with Crippen molar-refractivity contribution in [1.82, 2.24) is 19.3 Å². The molecule has 0 saturated heterocycles. The standard InChI is InChI=1S/C11H14BrN5/c1-7-10(12)11(13)17(15-7)5-9-4-14-6-16(9)8-2-3-8/h4,6,8H,2-3,5,13H2,1H3. The van der Waals surface area contributed by atoms with E-state index in [1.165, 1.54) is 12.8 Å². The first-order valence-corrected chi connectivity index (χ1v) is 6.45. The monoisotopic (exact) mass is 295 g/mol. The van der Waals surface area contributed by atoms with Gasteiger partial charge in [0.15, 0.2) is 0 Å². The van der Waals surface area contributed by atoms with Crippen molar-refractivity contribution in [3.05, 3.63) is 28.4 Å². The summed E-state index contributed by atoms with van der Waals surface area (Å²) in [5.74, 6) is 0.672. The lowest BCUT2D eigenvalue weighted by Gasteiger charge is -2.07. The Labute approximate surface area is 108 Å². The van der Waals surface area contributed by atoms with E-state index in [4.69, 9.17) is 5.73 Å². The van der Waals surface area contributed by atoms with Crippen LogP contribution in [0.5, 0.6) is 0 Å². The molecule has 1 saturated carbocycles. The number of imidazole rings is 1. The van der Waals surface area contributed by atoms with Gasteiger partial charge in [-0.2, -0.15) is 5.10 Å². The Morgan fingerprint density at radius 1 is 1.53 bits per heavy atom. The molecule has 17 heavy (non-hydrogen) atoms. The van der Waals surface area contributed by atoms with Crippen LogP contribution in [0.2, 0.25) is 0 Å². The highest BCUT2D eigenvalue weighted by atomic mass is 79.9. The summed E-state index contributed by atoms with van der Waals surface area (Å²) in [5, 5.41) is 4.41. The molecule has 2 N–H and O–H groups in total. The first-order chi connectivity index (χ1) is 8.16. The summed E-state index contributed by atoms with van der Waals surface area (Å²) < 4.78 is 4.93. The van der Waals surface area contributed by atoms with Crippen molar-refractivity contribution in [2.75, 3.05) is 5.73 Å². The molecule has 0 aliphatic heterocycles. The number of anilines is 1. The van der Waals surface area contributed by atoms with Crippen LogP contribution in [0.15, 0.2) is 17.0 Å². The lowest BCUT2D eigenvalue weighted by atomic mass is 10.4. The van der Waals surface area contributed by atoms with Crippen molar-refractivity contribution < 1.29 is 0 Å². The predicted molar refractivity (Wildman–Crippen MR) is 68.7 cm³/mol. The lowest BCUT2D eigenvalue weighted by molar-refractivity contribution is 0.617. The highest BCUT2D eigenvalue weighted by molar-refractivity contribution is 9.10. The Bertz CT molecular complexity index is 552. The van der Waals surface area contributed by atoms with Gasteiger partial charge in [-0.1, -0.05) is 0 Å². The number of hydrogen-bond donors (Lipinski definition) is 1. The number of halogens is 1. The van der Waals surface area contributed by atoms with Gasteiger partial charge in [-0.05, 0) is 35.7 Å². The summed E-state index contributed by atoms with van der Waals surface area (Å²) >= 11 is 3.43. The van der Waals surface area contributed by atoms with Crippen LogP contribution >= 0.6 is 15.9 Å². The summed E-state index contributed by atoms with van der Waals surface area (Å²) in [5.41, 5.74) is 8.06.